The lowest BCUT2D eigenvalue weighted by molar-refractivity contribution is 0.0656. The molecule has 4 nitrogen and oxygen atoms in total. The molecule has 0 aromatic heterocycles. The van der Waals surface area contributed by atoms with E-state index in [0.717, 1.165) is 12.0 Å². The van der Waals surface area contributed by atoms with Gasteiger partial charge in [0.1, 0.15) is 0 Å². The minimum absolute atomic E-state index is 0.0257. The van der Waals surface area contributed by atoms with E-state index in [9.17, 15) is 4.79 Å². The molecule has 2 aromatic rings. The summed E-state index contributed by atoms with van der Waals surface area (Å²) >= 11 is 0. The Morgan fingerprint density at radius 2 is 1.68 bits per heavy atom. The maximum Gasteiger partial charge on any atom is 0.253 e. The van der Waals surface area contributed by atoms with Crippen molar-refractivity contribution in [3.63, 3.8) is 0 Å². The van der Waals surface area contributed by atoms with Gasteiger partial charge in [0.2, 0.25) is 0 Å². The van der Waals surface area contributed by atoms with Gasteiger partial charge in [-0.05, 0) is 43.5 Å². The van der Waals surface area contributed by atoms with E-state index < -0.39 is 0 Å². The first-order chi connectivity index (χ1) is 12.1. The summed E-state index contributed by atoms with van der Waals surface area (Å²) < 4.78 is 5.59. The summed E-state index contributed by atoms with van der Waals surface area (Å²) in [7, 11) is 0. The molecule has 0 radical (unpaired) electrons. The van der Waals surface area contributed by atoms with Crippen LogP contribution in [0.4, 0.5) is 0 Å². The van der Waals surface area contributed by atoms with Crippen molar-refractivity contribution in [2.24, 2.45) is 5.73 Å². The molecule has 0 aliphatic carbocycles. The normalized spacial score (nSPS) is 10.9. The van der Waals surface area contributed by atoms with Crippen molar-refractivity contribution in [2.75, 3.05) is 19.6 Å². The van der Waals surface area contributed by atoms with Crippen LogP contribution in [0.1, 0.15) is 35.3 Å². The molecule has 0 saturated heterocycles. The molecule has 0 aliphatic rings. The number of benzene rings is 2. The minimum atomic E-state index is 0.0257. The summed E-state index contributed by atoms with van der Waals surface area (Å²) in [5.74, 6) is 0.0257. The number of nitrogens with zero attached hydrogens (tertiary/aromatic N) is 1. The van der Waals surface area contributed by atoms with Gasteiger partial charge < -0.3 is 15.4 Å². The number of rotatable bonds is 9. The van der Waals surface area contributed by atoms with Crippen LogP contribution in [0, 0.1) is 0 Å². The van der Waals surface area contributed by atoms with Crippen LogP contribution in [-0.4, -0.2) is 36.5 Å². The Hall–Kier alpha value is -2.17. The Kier molecular flexibility index (Phi) is 7.64. The van der Waals surface area contributed by atoms with Gasteiger partial charge in [-0.3, -0.25) is 4.79 Å². The molecular weight excluding hydrogens is 312 g/mol. The summed E-state index contributed by atoms with van der Waals surface area (Å²) in [6.07, 6.45) is 1.02. The number of ether oxygens (including phenoxy) is 1. The van der Waals surface area contributed by atoms with Crippen molar-refractivity contribution >= 4 is 5.91 Å². The highest BCUT2D eigenvalue weighted by atomic mass is 16.5. The van der Waals surface area contributed by atoms with Gasteiger partial charge in [-0.25, -0.2) is 0 Å². The number of carbonyl (C=O) groups is 1. The first-order valence-electron chi connectivity index (χ1n) is 8.84. The second kappa shape index (κ2) is 9.97. The van der Waals surface area contributed by atoms with Crippen molar-refractivity contribution in [3.8, 4) is 0 Å². The van der Waals surface area contributed by atoms with E-state index in [0.29, 0.717) is 31.8 Å². The van der Waals surface area contributed by atoms with Crippen LogP contribution in [0.5, 0.6) is 0 Å². The molecule has 0 atom stereocenters. The molecule has 0 bridgehead atoms. The fourth-order valence-electron chi connectivity index (χ4n) is 2.57. The lowest BCUT2D eigenvalue weighted by atomic mass is 10.1. The third kappa shape index (κ3) is 6.33. The molecule has 0 fully saturated rings. The van der Waals surface area contributed by atoms with E-state index in [1.807, 2.05) is 61.2 Å². The third-order valence-corrected chi connectivity index (χ3v) is 3.98. The van der Waals surface area contributed by atoms with Gasteiger partial charge in [-0.15, -0.1) is 0 Å². The quantitative estimate of drug-likeness (QED) is 0.762. The average molecular weight is 340 g/mol. The molecule has 0 spiro atoms. The van der Waals surface area contributed by atoms with Crippen LogP contribution in [-0.2, 0) is 17.8 Å². The first kappa shape index (κ1) is 19.2. The molecule has 25 heavy (non-hydrogen) atoms. The molecule has 4 heteroatoms. The molecule has 2 aromatic carbocycles. The van der Waals surface area contributed by atoms with Gasteiger partial charge in [0.25, 0.3) is 5.91 Å². The van der Waals surface area contributed by atoms with Crippen LogP contribution >= 0.6 is 0 Å². The van der Waals surface area contributed by atoms with Crippen molar-refractivity contribution in [3.05, 3.63) is 71.3 Å². The highest BCUT2D eigenvalue weighted by molar-refractivity contribution is 5.94. The van der Waals surface area contributed by atoms with Gasteiger partial charge in [0, 0.05) is 25.2 Å². The monoisotopic (exact) mass is 340 g/mol. The molecule has 0 unspecified atom stereocenters. The Morgan fingerprint density at radius 1 is 1.00 bits per heavy atom. The second-order valence-corrected chi connectivity index (χ2v) is 6.37. The largest absolute Gasteiger partial charge is 0.374 e. The summed E-state index contributed by atoms with van der Waals surface area (Å²) in [6.45, 7) is 6.26. The highest BCUT2D eigenvalue weighted by Crippen LogP contribution is 2.11. The van der Waals surface area contributed by atoms with E-state index in [-0.39, 0.29) is 12.0 Å². The highest BCUT2D eigenvalue weighted by Gasteiger charge is 2.15. The Labute approximate surface area is 150 Å². The number of amides is 1. The fourth-order valence-corrected chi connectivity index (χ4v) is 2.57. The molecule has 0 aliphatic heterocycles. The molecular formula is C21H28N2O2. The van der Waals surface area contributed by atoms with E-state index >= 15 is 0 Å². The number of hydrogen-bond acceptors (Lipinski definition) is 3. The number of hydrogen-bond donors (Lipinski definition) is 1. The van der Waals surface area contributed by atoms with Crippen LogP contribution in [0.2, 0.25) is 0 Å². The maximum absolute atomic E-state index is 12.8. The number of carbonyl (C=O) groups excluding carboxylic acids is 1. The smallest absolute Gasteiger partial charge is 0.253 e. The second-order valence-electron chi connectivity index (χ2n) is 6.37. The van der Waals surface area contributed by atoms with E-state index in [1.54, 1.807) is 0 Å². The van der Waals surface area contributed by atoms with Crippen LogP contribution in [0.15, 0.2) is 54.6 Å². The van der Waals surface area contributed by atoms with E-state index in [1.165, 1.54) is 5.56 Å². The Balaban J connectivity index is 1.98. The standard InChI is InChI=1S/C21H28N2O2/c1-17(2)25-16-19-8-10-20(11-9-19)21(24)23(15-13-22)14-12-18-6-4-3-5-7-18/h3-11,17H,12-16,22H2,1-2H3. The van der Waals surface area contributed by atoms with Crippen molar-refractivity contribution in [1.29, 1.82) is 0 Å². The predicted molar refractivity (Wildman–Crippen MR) is 101 cm³/mol. The lowest BCUT2D eigenvalue weighted by Gasteiger charge is -2.22. The van der Waals surface area contributed by atoms with Crippen LogP contribution in [0.3, 0.4) is 0 Å². The van der Waals surface area contributed by atoms with Crippen molar-refractivity contribution in [2.45, 2.75) is 33.0 Å². The molecule has 2 N–H and O–H groups in total. The zero-order valence-corrected chi connectivity index (χ0v) is 15.2. The SMILES string of the molecule is CC(C)OCc1ccc(C(=O)N(CCN)CCc2ccccc2)cc1. The van der Waals surface area contributed by atoms with Crippen LogP contribution in [0.25, 0.3) is 0 Å². The summed E-state index contributed by atoms with van der Waals surface area (Å²) in [6, 6.07) is 17.8. The Bertz CT molecular complexity index is 639. The summed E-state index contributed by atoms with van der Waals surface area (Å²) in [4.78, 5) is 14.6. The van der Waals surface area contributed by atoms with Gasteiger partial charge >= 0.3 is 0 Å². The van der Waals surface area contributed by atoms with Gasteiger partial charge in [-0.1, -0.05) is 42.5 Å². The molecule has 1 amide bonds. The van der Waals surface area contributed by atoms with Gasteiger partial charge in [0.15, 0.2) is 0 Å². The zero-order chi connectivity index (χ0) is 18.1. The fraction of sp³-hybridized carbons (Fsp3) is 0.381. The van der Waals surface area contributed by atoms with Crippen LogP contribution < -0.4 is 5.73 Å². The van der Waals surface area contributed by atoms with Gasteiger partial charge in [-0.2, -0.15) is 0 Å². The topological polar surface area (TPSA) is 55.6 Å². The van der Waals surface area contributed by atoms with E-state index in [2.05, 4.69) is 12.1 Å². The molecule has 0 heterocycles. The Morgan fingerprint density at radius 3 is 2.28 bits per heavy atom. The zero-order valence-electron chi connectivity index (χ0n) is 15.2. The molecule has 2 rings (SSSR count). The summed E-state index contributed by atoms with van der Waals surface area (Å²) in [5.41, 5.74) is 8.68. The molecule has 0 saturated carbocycles. The third-order valence-electron chi connectivity index (χ3n) is 3.98. The van der Waals surface area contributed by atoms with Crippen molar-refractivity contribution < 1.29 is 9.53 Å². The van der Waals surface area contributed by atoms with Gasteiger partial charge in [0.05, 0.1) is 12.7 Å². The maximum atomic E-state index is 12.8. The van der Waals surface area contributed by atoms with E-state index in [4.69, 9.17) is 10.5 Å². The summed E-state index contributed by atoms with van der Waals surface area (Å²) in [5, 5.41) is 0. The molecule has 134 valence electrons. The van der Waals surface area contributed by atoms with Crippen molar-refractivity contribution in [1.82, 2.24) is 4.90 Å². The number of nitrogens with two attached hydrogens (primary N) is 1. The average Bonchev–Trinajstić information content (AvgIpc) is 2.64. The lowest BCUT2D eigenvalue weighted by Crippen LogP contribution is -2.36. The minimum Gasteiger partial charge on any atom is -0.374 e. The first-order valence-corrected chi connectivity index (χ1v) is 8.84. The predicted octanol–water partition coefficient (Wildman–Crippen LogP) is 3.26.